The first-order chi connectivity index (χ1) is 8.70. The van der Waals surface area contributed by atoms with E-state index in [1.54, 1.807) is 12.1 Å². The summed E-state index contributed by atoms with van der Waals surface area (Å²) in [5.74, 6) is 0.250. The third-order valence-corrected chi connectivity index (χ3v) is 2.92. The van der Waals surface area contributed by atoms with Gasteiger partial charge in [0.05, 0.1) is 20.3 Å². The van der Waals surface area contributed by atoms with Crippen LogP contribution in [0.3, 0.4) is 0 Å². The topological polar surface area (TPSA) is 65.0 Å². The molecule has 2 rings (SSSR count). The van der Waals surface area contributed by atoms with Gasteiger partial charge in [-0.05, 0) is 18.6 Å². The van der Waals surface area contributed by atoms with Gasteiger partial charge in [-0.15, -0.1) is 0 Å². The Kier molecular flexibility index (Phi) is 4.04. The SMILES string of the molecule is COc1ccc(C(=O)O)c(OCC2CCOC2)c1. The smallest absolute Gasteiger partial charge is 0.339 e. The van der Waals surface area contributed by atoms with Gasteiger partial charge in [-0.25, -0.2) is 4.79 Å². The fourth-order valence-electron chi connectivity index (χ4n) is 1.85. The van der Waals surface area contributed by atoms with Crippen LogP contribution in [0.1, 0.15) is 16.8 Å². The second-order valence-electron chi connectivity index (χ2n) is 4.21. The van der Waals surface area contributed by atoms with Crippen LogP contribution in [-0.2, 0) is 4.74 Å². The standard InChI is InChI=1S/C13H16O5/c1-16-10-2-3-11(13(14)15)12(6-10)18-8-9-4-5-17-7-9/h2-3,6,9H,4-5,7-8H2,1H3,(H,14,15). The largest absolute Gasteiger partial charge is 0.497 e. The second-order valence-corrected chi connectivity index (χ2v) is 4.21. The Morgan fingerprint density at radius 1 is 1.56 bits per heavy atom. The first-order valence-electron chi connectivity index (χ1n) is 5.82. The molecule has 5 heteroatoms. The predicted octanol–water partition coefficient (Wildman–Crippen LogP) is 1.81. The van der Waals surface area contributed by atoms with E-state index in [0.717, 1.165) is 13.0 Å². The molecule has 98 valence electrons. The van der Waals surface area contributed by atoms with E-state index >= 15 is 0 Å². The summed E-state index contributed by atoms with van der Waals surface area (Å²) in [6.07, 6.45) is 0.951. The maximum atomic E-state index is 11.1. The van der Waals surface area contributed by atoms with Crippen molar-refractivity contribution in [1.29, 1.82) is 0 Å². The van der Waals surface area contributed by atoms with Gasteiger partial charge >= 0.3 is 5.97 Å². The number of hydrogen-bond donors (Lipinski definition) is 1. The summed E-state index contributed by atoms with van der Waals surface area (Å²) in [6.45, 7) is 1.89. The Hall–Kier alpha value is -1.75. The minimum Gasteiger partial charge on any atom is -0.497 e. The van der Waals surface area contributed by atoms with E-state index in [0.29, 0.717) is 30.6 Å². The fraction of sp³-hybridized carbons (Fsp3) is 0.462. The van der Waals surface area contributed by atoms with E-state index in [4.69, 9.17) is 19.3 Å². The Labute approximate surface area is 105 Å². The molecule has 5 nitrogen and oxygen atoms in total. The number of hydrogen-bond acceptors (Lipinski definition) is 4. The summed E-state index contributed by atoms with van der Waals surface area (Å²) >= 11 is 0. The average Bonchev–Trinajstić information content (AvgIpc) is 2.88. The van der Waals surface area contributed by atoms with Crippen molar-refractivity contribution >= 4 is 5.97 Å². The molecule has 1 aliphatic heterocycles. The molecule has 1 unspecified atom stereocenters. The molecular weight excluding hydrogens is 236 g/mol. The molecule has 1 fully saturated rings. The molecule has 0 aliphatic carbocycles. The summed E-state index contributed by atoms with van der Waals surface area (Å²) in [4.78, 5) is 11.1. The lowest BCUT2D eigenvalue weighted by molar-refractivity contribution is 0.0691. The molecule has 18 heavy (non-hydrogen) atoms. The number of carboxylic acids is 1. The molecule has 1 saturated heterocycles. The number of methoxy groups -OCH3 is 1. The first kappa shape index (κ1) is 12.7. The van der Waals surface area contributed by atoms with E-state index in [2.05, 4.69) is 0 Å². The molecule has 0 amide bonds. The molecule has 0 aromatic heterocycles. The zero-order valence-corrected chi connectivity index (χ0v) is 10.2. The van der Waals surface area contributed by atoms with Crippen molar-refractivity contribution in [3.05, 3.63) is 23.8 Å². The highest BCUT2D eigenvalue weighted by Gasteiger charge is 2.18. The number of aromatic carboxylic acids is 1. The van der Waals surface area contributed by atoms with Gasteiger partial charge in [0.15, 0.2) is 0 Å². The summed E-state index contributed by atoms with van der Waals surface area (Å²) in [6, 6.07) is 4.69. The van der Waals surface area contributed by atoms with Crippen LogP contribution in [0, 0.1) is 5.92 Å². The van der Waals surface area contributed by atoms with Crippen molar-refractivity contribution < 1.29 is 24.1 Å². The molecule has 1 N–H and O–H groups in total. The zero-order valence-electron chi connectivity index (χ0n) is 10.2. The highest BCUT2D eigenvalue weighted by molar-refractivity contribution is 5.91. The van der Waals surface area contributed by atoms with Crippen molar-refractivity contribution in [1.82, 2.24) is 0 Å². The number of carboxylic acid groups (broad SMARTS) is 1. The molecule has 1 heterocycles. The van der Waals surface area contributed by atoms with Gasteiger partial charge in [-0.3, -0.25) is 0 Å². The summed E-state index contributed by atoms with van der Waals surface area (Å²) in [5, 5.41) is 9.08. The molecule has 1 aliphatic rings. The van der Waals surface area contributed by atoms with Crippen molar-refractivity contribution in [2.24, 2.45) is 5.92 Å². The lowest BCUT2D eigenvalue weighted by atomic mass is 10.1. The Bertz CT molecular complexity index is 423. The van der Waals surface area contributed by atoms with Gasteiger partial charge in [-0.1, -0.05) is 0 Å². The molecule has 0 spiro atoms. The number of carbonyl (C=O) groups is 1. The highest BCUT2D eigenvalue weighted by atomic mass is 16.5. The Morgan fingerprint density at radius 2 is 2.39 bits per heavy atom. The van der Waals surface area contributed by atoms with Crippen LogP contribution >= 0.6 is 0 Å². The zero-order chi connectivity index (χ0) is 13.0. The van der Waals surface area contributed by atoms with Crippen molar-refractivity contribution in [3.8, 4) is 11.5 Å². The lowest BCUT2D eigenvalue weighted by Gasteiger charge is -2.13. The maximum absolute atomic E-state index is 11.1. The molecule has 1 atom stereocenters. The Balaban J connectivity index is 2.10. The quantitative estimate of drug-likeness (QED) is 0.865. The second kappa shape index (κ2) is 5.73. The predicted molar refractivity (Wildman–Crippen MR) is 64.4 cm³/mol. The van der Waals surface area contributed by atoms with Crippen molar-refractivity contribution in [3.63, 3.8) is 0 Å². The lowest BCUT2D eigenvalue weighted by Crippen LogP contribution is -2.13. The molecule has 0 bridgehead atoms. The molecule has 0 saturated carbocycles. The van der Waals surface area contributed by atoms with Gasteiger partial charge in [0.25, 0.3) is 0 Å². The van der Waals surface area contributed by atoms with E-state index in [1.807, 2.05) is 0 Å². The monoisotopic (exact) mass is 252 g/mol. The number of benzene rings is 1. The van der Waals surface area contributed by atoms with E-state index < -0.39 is 5.97 Å². The maximum Gasteiger partial charge on any atom is 0.339 e. The third kappa shape index (κ3) is 2.92. The molecular formula is C13H16O5. The van der Waals surface area contributed by atoms with Gasteiger partial charge < -0.3 is 19.3 Å². The molecule has 1 aromatic rings. The van der Waals surface area contributed by atoms with Crippen molar-refractivity contribution in [2.75, 3.05) is 26.9 Å². The fourth-order valence-corrected chi connectivity index (χ4v) is 1.85. The summed E-state index contributed by atoms with van der Waals surface area (Å²) in [7, 11) is 1.53. The minimum atomic E-state index is -1.00. The Morgan fingerprint density at radius 3 is 3.00 bits per heavy atom. The number of rotatable bonds is 5. The summed E-state index contributed by atoms with van der Waals surface area (Å²) < 4.78 is 15.9. The normalized spacial score (nSPS) is 18.6. The van der Waals surface area contributed by atoms with Crippen LogP contribution in [0.15, 0.2) is 18.2 Å². The van der Waals surface area contributed by atoms with E-state index in [-0.39, 0.29) is 5.56 Å². The van der Waals surface area contributed by atoms with E-state index in [1.165, 1.54) is 13.2 Å². The average molecular weight is 252 g/mol. The minimum absolute atomic E-state index is 0.148. The number of ether oxygens (including phenoxy) is 3. The summed E-state index contributed by atoms with van der Waals surface area (Å²) in [5.41, 5.74) is 0.148. The molecule has 0 radical (unpaired) electrons. The highest BCUT2D eigenvalue weighted by Crippen LogP contribution is 2.26. The third-order valence-electron chi connectivity index (χ3n) is 2.92. The van der Waals surface area contributed by atoms with Gasteiger partial charge in [0.1, 0.15) is 17.1 Å². The van der Waals surface area contributed by atoms with Gasteiger partial charge in [0, 0.05) is 18.6 Å². The van der Waals surface area contributed by atoms with Crippen LogP contribution in [-0.4, -0.2) is 38.0 Å². The van der Waals surface area contributed by atoms with Crippen LogP contribution in [0.5, 0.6) is 11.5 Å². The van der Waals surface area contributed by atoms with Gasteiger partial charge in [0.2, 0.25) is 0 Å². The van der Waals surface area contributed by atoms with Crippen LogP contribution < -0.4 is 9.47 Å². The molecule has 1 aromatic carbocycles. The van der Waals surface area contributed by atoms with Crippen molar-refractivity contribution in [2.45, 2.75) is 6.42 Å². The van der Waals surface area contributed by atoms with Crippen LogP contribution in [0.25, 0.3) is 0 Å². The first-order valence-corrected chi connectivity index (χ1v) is 5.82. The van der Waals surface area contributed by atoms with Crippen LogP contribution in [0.2, 0.25) is 0 Å². The van der Waals surface area contributed by atoms with E-state index in [9.17, 15) is 4.79 Å². The van der Waals surface area contributed by atoms with Crippen LogP contribution in [0.4, 0.5) is 0 Å². The van der Waals surface area contributed by atoms with Gasteiger partial charge in [-0.2, -0.15) is 0 Å².